The lowest BCUT2D eigenvalue weighted by Crippen LogP contribution is -2.35. The predicted octanol–water partition coefficient (Wildman–Crippen LogP) is 4.67. The zero-order valence-electron chi connectivity index (χ0n) is 42.5. The maximum Gasteiger partial charge on any atom is 0.303 e. The molecule has 0 fully saturated rings. The number of allylic oxidation sites excluding steroid dienone is 3. The molecule has 0 spiro atoms. The molecule has 23 heteroatoms. The Balaban J connectivity index is 1.61. The van der Waals surface area contributed by atoms with Gasteiger partial charge in [0.05, 0.1) is 97.3 Å². The molecular weight excluding hydrogens is 1010 g/mol. The zero-order chi connectivity index (χ0) is 53.7. The number of carbonyl (C=O) groups is 1. The highest BCUT2D eigenvalue weighted by molar-refractivity contribution is 7.86. The molecule has 0 saturated heterocycles. The van der Waals surface area contributed by atoms with Crippen LogP contribution in [0, 0.1) is 0 Å². The van der Waals surface area contributed by atoms with E-state index in [4.69, 9.17) is 32.8 Å². The average molecular weight is 1090 g/mol. The van der Waals surface area contributed by atoms with Crippen molar-refractivity contribution in [3.63, 3.8) is 0 Å². The summed E-state index contributed by atoms with van der Waals surface area (Å²) < 4.78 is 148. The second-order valence-electron chi connectivity index (χ2n) is 18.7. The van der Waals surface area contributed by atoms with Gasteiger partial charge in [-0.3, -0.25) is 4.79 Å². The molecule has 0 aromatic heterocycles. The number of ether oxygens (including phenoxy) is 6. The van der Waals surface area contributed by atoms with E-state index in [0.29, 0.717) is 132 Å². The first-order valence-corrected chi connectivity index (χ1v) is 28.9. The van der Waals surface area contributed by atoms with Gasteiger partial charge in [-0.2, -0.15) is 0 Å². The lowest BCUT2D eigenvalue weighted by molar-refractivity contribution is -0.137. The molecule has 2 heterocycles. The lowest BCUT2D eigenvalue weighted by Gasteiger charge is -2.31. The second kappa shape index (κ2) is 29.3. The summed E-state index contributed by atoms with van der Waals surface area (Å²) in [6.07, 6.45) is 6.93. The molecule has 1 N–H and O–H groups in total. The largest absolute Gasteiger partial charge is 0.748 e. The van der Waals surface area contributed by atoms with Gasteiger partial charge in [-0.05, 0) is 91.6 Å². The summed E-state index contributed by atoms with van der Waals surface area (Å²) in [7, 11) is -12.3. The van der Waals surface area contributed by atoms with Gasteiger partial charge in [0.15, 0.2) is 6.54 Å². The normalized spacial score (nSPS) is 16.5. The van der Waals surface area contributed by atoms with Crippen LogP contribution in [0.1, 0.15) is 89.5 Å². The van der Waals surface area contributed by atoms with E-state index in [-0.39, 0.29) is 44.2 Å². The third kappa shape index (κ3) is 21.2. The van der Waals surface area contributed by atoms with Gasteiger partial charge in [0.2, 0.25) is 5.36 Å². The zero-order valence-corrected chi connectivity index (χ0v) is 45.0. The fraction of sp³-hybridized carbons (Fsp3) is 0.600. The Labute approximate surface area is 430 Å². The minimum atomic E-state index is -4.89. The minimum absolute atomic E-state index is 0.0145. The Morgan fingerprint density at radius 1 is 0.740 bits per heavy atom. The molecule has 73 heavy (non-hydrogen) atoms. The number of carboxylic acids is 1. The van der Waals surface area contributed by atoms with Crippen LogP contribution in [0.4, 0.5) is 5.69 Å². The van der Waals surface area contributed by atoms with Crippen LogP contribution >= 0.6 is 0 Å². The Kier molecular flexibility index (Phi) is 24.6. The van der Waals surface area contributed by atoms with Crippen molar-refractivity contribution >= 4 is 48.1 Å². The van der Waals surface area contributed by atoms with Crippen molar-refractivity contribution in [2.75, 3.05) is 116 Å². The summed E-state index contributed by atoms with van der Waals surface area (Å²) in [5.41, 5.74) is 2.01. The monoisotopic (exact) mass is 1080 g/mol. The van der Waals surface area contributed by atoms with Gasteiger partial charge in [-0.25, -0.2) is 29.8 Å². The van der Waals surface area contributed by atoms with E-state index < -0.39 is 58.1 Å². The lowest BCUT2D eigenvalue weighted by atomic mass is 9.77. The van der Waals surface area contributed by atoms with E-state index in [1.54, 1.807) is 32.3 Å². The number of unbranched alkanes of at least 4 members (excludes halogenated alkanes) is 2. The number of hydrogen-bond donors (Lipinski definition) is 1. The first kappa shape index (κ1) is 61.4. The molecule has 1 aliphatic carbocycles. The summed E-state index contributed by atoms with van der Waals surface area (Å²) in [6.45, 7) is 13.4. The molecule has 0 saturated carbocycles. The van der Waals surface area contributed by atoms with E-state index >= 15 is 0 Å². The average Bonchev–Trinajstić information content (AvgIpc) is 3.52. The number of fused-ring (bicyclic) bond motifs is 2. The minimum Gasteiger partial charge on any atom is -0.748 e. The molecule has 1 aromatic rings. The number of aliphatic carboxylic acids is 1. The van der Waals surface area contributed by atoms with Crippen molar-refractivity contribution in [2.45, 2.75) is 88.4 Å². The van der Waals surface area contributed by atoms with Crippen LogP contribution in [0.2, 0.25) is 0 Å². The molecular formula is C50H72N2O18S3-2. The number of rotatable bonds is 35. The number of anilines is 1. The SMILES string of the molecule is COCCOCCOCCOCCOCCOCC[N+](CCCS(=O)(=O)[O-])=c1ccc2c(C(C)(C)C)cc(/C=C/C=C3/N(CCCCCC(=O)O)c4ccc(S(=O)(=O)[O-])cc4C3(C)CCCS(=O)(=O)[O-])oc-2c1. The standard InChI is InChI=1S/C50H74N2O18S3/c1-49(2,3)43-37-40(12-9-13-47-50(4,19-10-34-71(55,56)57)44-38-41(73(61,62)63)16-18-45(44)52(47)21-8-6-7-14-48(53)54)70-46-36-39(15-17-42(43)46)51(20-11-35-72(58,59)60)22-23-65-26-27-67-30-31-69-33-32-68-29-28-66-25-24-64-5/h9,12-13,15-18,36-38H,6-8,10-11,14,19-35H2,1-5H3,(H3-,53,54,55,56,57,58,59,60,61,62,63)/p-2. The topological polar surface area (TPSA) is 284 Å². The highest BCUT2D eigenvalue weighted by Crippen LogP contribution is 2.51. The Bertz CT molecular complexity index is 2680. The predicted molar refractivity (Wildman–Crippen MR) is 270 cm³/mol. The van der Waals surface area contributed by atoms with Crippen LogP contribution in [0.5, 0.6) is 0 Å². The van der Waals surface area contributed by atoms with Crippen LogP contribution in [0.3, 0.4) is 0 Å². The van der Waals surface area contributed by atoms with Gasteiger partial charge in [0.1, 0.15) is 34.8 Å². The second-order valence-corrected chi connectivity index (χ2v) is 23.2. The van der Waals surface area contributed by atoms with Crippen molar-refractivity contribution in [3.05, 3.63) is 82.6 Å². The molecule has 2 aliphatic heterocycles. The number of methoxy groups -OCH3 is 1. The maximum atomic E-state index is 12.2. The van der Waals surface area contributed by atoms with Crippen LogP contribution < -0.4 is 14.8 Å². The molecule has 20 nitrogen and oxygen atoms in total. The molecule has 0 bridgehead atoms. The van der Waals surface area contributed by atoms with Crippen LogP contribution in [0.15, 0.2) is 69.6 Å². The fourth-order valence-electron chi connectivity index (χ4n) is 8.45. The van der Waals surface area contributed by atoms with Gasteiger partial charge in [0, 0.05) is 66.4 Å². The number of nitrogens with zero attached hydrogens (tertiary/aromatic N) is 2. The summed E-state index contributed by atoms with van der Waals surface area (Å²) >= 11 is 0. The Morgan fingerprint density at radius 3 is 1.89 bits per heavy atom. The summed E-state index contributed by atoms with van der Waals surface area (Å²) in [4.78, 5) is 12.7. The molecule has 1 atom stereocenters. The van der Waals surface area contributed by atoms with Gasteiger partial charge in [0.25, 0.3) is 0 Å². The van der Waals surface area contributed by atoms with E-state index in [0.717, 1.165) is 11.1 Å². The smallest absolute Gasteiger partial charge is 0.303 e. The Hall–Kier alpha value is -4.11. The fourth-order valence-corrected chi connectivity index (χ4v) is 9.92. The van der Waals surface area contributed by atoms with Crippen molar-refractivity contribution in [3.8, 4) is 11.3 Å². The third-order valence-electron chi connectivity index (χ3n) is 12.0. The molecule has 1 unspecified atom stereocenters. The summed E-state index contributed by atoms with van der Waals surface area (Å²) in [6, 6.07) is 11.6. The van der Waals surface area contributed by atoms with Crippen molar-refractivity contribution < 1.29 is 81.7 Å². The highest BCUT2D eigenvalue weighted by atomic mass is 32.2. The third-order valence-corrected chi connectivity index (χ3v) is 14.5. The van der Waals surface area contributed by atoms with Gasteiger partial charge in [-0.15, -0.1) is 0 Å². The van der Waals surface area contributed by atoms with Crippen molar-refractivity contribution in [1.82, 2.24) is 4.58 Å². The van der Waals surface area contributed by atoms with E-state index in [2.05, 4.69) is 20.8 Å². The molecule has 4 rings (SSSR count). The first-order chi connectivity index (χ1) is 34.4. The van der Waals surface area contributed by atoms with Gasteiger partial charge in [-0.1, -0.05) is 33.3 Å². The first-order valence-electron chi connectivity index (χ1n) is 24.3. The Morgan fingerprint density at radius 2 is 1.33 bits per heavy atom. The quantitative estimate of drug-likeness (QED) is 0.0476. The highest BCUT2D eigenvalue weighted by Gasteiger charge is 2.43. The molecule has 0 radical (unpaired) electrons. The van der Waals surface area contributed by atoms with Gasteiger partial charge < -0.3 is 56.5 Å². The molecule has 3 aliphatic rings. The molecule has 410 valence electrons. The van der Waals surface area contributed by atoms with Crippen molar-refractivity contribution in [2.24, 2.45) is 0 Å². The molecule has 1 aromatic carbocycles. The number of benzene rings is 2. The number of hydrogen-bond acceptors (Lipinski definition) is 18. The van der Waals surface area contributed by atoms with Crippen LogP contribution in [-0.2, 0) is 74.4 Å². The molecule has 0 amide bonds. The van der Waals surface area contributed by atoms with E-state index in [9.17, 15) is 48.8 Å². The van der Waals surface area contributed by atoms with E-state index in [1.807, 2.05) is 33.7 Å². The van der Waals surface area contributed by atoms with Gasteiger partial charge >= 0.3 is 5.97 Å². The summed E-state index contributed by atoms with van der Waals surface area (Å²) in [5.74, 6) is -1.17. The van der Waals surface area contributed by atoms with Crippen molar-refractivity contribution in [1.29, 1.82) is 0 Å². The maximum absolute atomic E-state index is 12.2. The number of carboxylic acid groups (broad SMARTS) is 1. The van der Waals surface area contributed by atoms with Crippen LogP contribution in [-0.4, -0.2) is 161 Å². The van der Waals surface area contributed by atoms with E-state index in [1.165, 1.54) is 18.2 Å². The van der Waals surface area contributed by atoms with Crippen LogP contribution in [0.25, 0.3) is 17.4 Å². The summed E-state index contributed by atoms with van der Waals surface area (Å²) in [5, 5.41) is 9.89.